The van der Waals surface area contributed by atoms with Crippen LogP contribution in [0.15, 0.2) is 29.2 Å². The maximum atomic E-state index is 13.6. The molecule has 10 nitrogen and oxygen atoms in total. The molecule has 1 N–H and O–H groups in total. The smallest absolute Gasteiger partial charge is 0.407 e. The summed E-state index contributed by atoms with van der Waals surface area (Å²) in [5, 5.41) is 2.92. The number of ether oxygens (including phenoxy) is 5. The van der Waals surface area contributed by atoms with Gasteiger partial charge in [-0.2, -0.15) is 4.31 Å². The summed E-state index contributed by atoms with van der Waals surface area (Å²) in [5.41, 5.74) is 0. The molecular weight excluding hydrogens is 531 g/mol. The van der Waals surface area contributed by atoms with Crippen LogP contribution in [-0.2, 0) is 29.0 Å². The van der Waals surface area contributed by atoms with Gasteiger partial charge in [0.25, 0.3) is 0 Å². The number of hydrogen-bond acceptors (Lipinski definition) is 8. The lowest BCUT2D eigenvalue weighted by Crippen LogP contribution is -2.52. The summed E-state index contributed by atoms with van der Waals surface area (Å²) in [6.07, 6.45) is 4.39. The summed E-state index contributed by atoms with van der Waals surface area (Å²) in [6.45, 7) is 7.00. The fourth-order valence-corrected chi connectivity index (χ4v) is 6.83. The van der Waals surface area contributed by atoms with Crippen LogP contribution in [0.25, 0.3) is 0 Å². The molecule has 12 heteroatoms. The molecule has 0 aromatic heterocycles. The predicted octanol–water partition coefficient (Wildman–Crippen LogP) is 3.19. The van der Waals surface area contributed by atoms with Crippen molar-refractivity contribution < 1.29 is 36.9 Å². The molecule has 0 aliphatic carbocycles. The third kappa shape index (κ3) is 10.1. The Balaban J connectivity index is 2.20. The Morgan fingerprint density at radius 3 is 2.32 bits per heavy atom. The molecule has 0 bridgehead atoms. The maximum Gasteiger partial charge on any atom is 0.407 e. The zero-order valence-electron chi connectivity index (χ0n) is 23.4. The number of hydrogen-bond donors (Lipinski definition) is 1. The second-order valence-electron chi connectivity index (χ2n) is 9.95. The summed E-state index contributed by atoms with van der Waals surface area (Å²) < 4.78 is 56.2. The first-order valence-electron chi connectivity index (χ1n) is 12.8. The fraction of sp³-hybridized carbons (Fsp3) is 0.692. The van der Waals surface area contributed by atoms with Gasteiger partial charge in [-0.1, -0.05) is 13.8 Å². The highest BCUT2D eigenvalue weighted by Crippen LogP contribution is 2.24. The van der Waals surface area contributed by atoms with Gasteiger partial charge in [-0.05, 0) is 43.0 Å². The van der Waals surface area contributed by atoms with Crippen LogP contribution in [0.1, 0.15) is 26.7 Å². The molecule has 1 amide bonds. The van der Waals surface area contributed by atoms with Crippen molar-refractivity contribution in [2.24, 2.45) is 5.92 Å². The lowest BCUT2D eigenvalue weighted by Gasteiger charge is -2.31. The number of sulfonamides is 1. The highest BCUT2D eigenvalue weighted by atomic mass is 32.2. The molecule has 0 spiro atoms. The Morgan fingerprint density at radius 2 is 1.76 bits per heavy atom. The molecule has 5 atom stereocenters. The fourth-order valence-electron chi connectivity index (χ4n) is 4.22. The van der Waals surface area contributed by atoms with Crippen LogP contribution in [-0.4, -0.2) is 110 Å². The summed E-state index contributed by atoms with van der Waals surface area (Å²) in [7, 11) is 0.161. The molecule has 1 aliphatic heterocycles. The van der Waals surface area contributed by atoms with E-state index in [2.05, 4.69) is 11.6 Å². The third-order valence-electron chi connectivity index (χ3n) is 6.24. The minimum atomic E-state index is -3.84. The zero-order chi connectivity index (χ0) is 28.3. The predicted molar refractivity (Wildman–Crippen MR) is 150 cm³/mol. The van der Waals surface area contributed by atoms with Gasteiger partial charge in [-0.15, -0.1) is 0 Å². The van der Waals surface area contributed by atoms with Crippen molar-refractivity contribution in [3.63, 3.8) is 0 Å². The van der Waals surface area contributed by atoms with Crippen molar-refractivity contribution in [2.45, 2.75) is 55.9 Å². The van der Waals surface area contributed by atoms with Crippen molar-refractivity contribution in [3.8, 4) is 5.75 Å². The van der Waals surface area contributed by atoms with Crippen LogP contribution in [0.3, 0.4) is 0 Å². The van der Waals surface area contributed by atoms with Gasteiger partial charge in [0.2, 0.25) is 10.0 Å². The first kappa shape index (κ1) is 32.5. The van der Waals surface area contributed by atoms with E-state index < -0.39 is 41.9 Å². The van der Waals surface area contributed by atoms with Gasteiger partial charge in [0.15, 0.2) is 0 Å². The number of carbonyl (C=O) groups is 1. The van der Waals surface area contributed by atoms with Gasteiger partial charge < -0.3 is 29.0 Å². The average molecular weight is 576 g/mol. The monoisotopic (exact) mass is 575 g/mol. The van der Waals surface area contributed by atoms with E-state index in [0.29, 0.717) is 31.5 Å². The summed E-state index contributed by atoms with van der Waals surface area (Å²) in [6, 6.07) is 5.79. The lowest BCUT2D eigenvalue weighted by molar-refractivity contribution is -0.00177. The van der Waals surface area contributed by atoms with Crippen molar-refractivity contribution in [3.05, 3.63) is 24.3 Å². The van der Waals surface area contributed by atoms with Crippen molar-refractivity contribution >= 4 is 30.0 Å². The zero-order valence-corrected chi connectivity index (χ0v) is 25.1. The van der Waals surface area contributed by atoms with Crippen LogP contribution in [0.2, 0.25) is 0 Å². The van der Waals surface area contributed by atoms with Crippen LogP contribution < -0.4 is 10.1 Å². The molecule has 0 radical (unpaired) electrons. The Kier molecular flexibility index (Phi) is 13.4. The number of methoxy groups -OCH3 is 3. The van der Waals surface area contributed by atoms with Gasteiger partial charge in [-0.25, -0.2) is 13.2 Å². The molecule has 1 aromatic rings. The third-order valence-corrected chi connectivity index (χ3v) is 9.10. The van der Waals surface area contributed by atoms with Gasteiger partial charge in [0.05, 0.1) is 64.0 Å². The van der Waals surface area contributed by atoms with Gasteiger partial charge in [0, 0.05) is 27.3 Å². The lowest BCUT2D eigenvalue weighted by atomic mass is 10.1. The molecule has 1 aliphatic rings. The highest BCUT2D eigenvalue weighted by molar-refractivity contribution is 7.89. The molecule has 1 heterocycles. The largest absolute Gasteiger partial charge is 0.497 e. The topological polar surface area (TPSA) is 113 Å². The van der Waals surface area contributed by atoms with E-state index in [1.807, 2.05) is 20.5 Å². The Bertz CT molecular complexity index is 989. The summed E-state index contributed by atoms with van der Waals surface area (Å²) in [4.78, 5) is 13.1. The second-order valence-corrected chi connectivity index (χ2v) is 14.0. The van der Waals surface area contributed by atoms with Crippen molar-refractivity contribution in [1.82, 2.24) is 9.62 Å². The minimum absolute atomic E-state index is 0.0216. The van der Waals surface area contributed by atoms with Crippen LogP contribution in [0.5, 0.6) is 5.75 Å². The SMILES string of the molecule is C=[P+](C)CC(NC(=O)OC1CCC(OC)COC1)C(CN(CC(C)C)S(=O)(=O)c1ccc(OC)cc1)OC. The van der Waals surface area contributed by atoms with E-state index in [1.54, 1.807) is 19.2 Å². The number of rotatable bonds is 14. The molecule has 5 unspecified atom stereocenters. The van der Waals surface area contributed by atoms with Gasteiger partial charge >= 0.3 is 6.09 Å². The Labute approximate surface area is 228 Å². The van der Waals surface area contributed by atoms with Gasteiger partial charge in [0.1, 0.15) is 18.0 Å². The minimum Gasteiger partial charge on any atom is -0.497 e. The van der Waals surface area contributed by atoms with E-state index in [0.717, 1.165) is 6.42 Å². The molecule has 38 heavy (non-hydrogen) atoms. The summed E-state index contributed by atoms with van der Waals surface area (Å²) in [5.74, 6) is 0.639. The summed E-state index contributed by atoms with van der Waals surface area (Å²) >= 11 is 0. The Hall–Kier alpha value is -1.75. The first-order chi connectivity index (χ1) is 18.0. The van der Waals surface area contributed by atoms with Crippen molar-refractivity contribution in [1.29, 1.82) is 0 Å². The molecule has 216 valence electrons. The molecular formula is C26H44N2O8PS+. The Morgan fingerprint density at radius 1 is 1.13 bits per heavy atom. The number of carbonyl (C=O) groups excluding carboxylic acids is 1. The van der Waals surface area contributed by atoms with Crippen LogP contribution in [0.4, 0.5) is 4.79 Å². The van der Waals surface area contributed by atoms with Crippen LogP contribution in [0, 0.1) is 5.92 Å². The number of nitrogens with one attached hydrogen (secondary N) is 1. The number of benzene rings is 1. The number of alkyl carbamates (subject to hydrolysis) is 1. The van der Waals surface area contributed by atoms with E-state index in [1.165, 1.54) is 30.7 Å². The number of nitrogens with zero attached hydrogens (tertiary/aromatic N) is 1. The second kappa shape index (κ2) is 15.7. The number of amides is 1. The molecule has 2 rings (SSSR count). The molecule has 1 aromatic carbocycles. The highest BCUT2D eigenvalue weighted by Gasteiger charge is 2.34. The van der Waals surface area contributed by atoms with Crippen molar-refractivity contribution in [2.75, 3.05) is 60.5 Å². The average Bonchev–Trinajstić information content (AvgIpc) is 3.10. The van der Waals surface area contributed by atoms with E-state index >= 15 is 0 Å². The molecule has 1 saturated heterocycles. The first-order valence-corrected chi connectivity index (χ1v) is 16.4. The van der Waals surface area contributed by atoms with E-state index in [9.17, 15) is 13.2 Å². The normalized spacial score (nSPS) is 20.5. The van der Waals surface area contributed by atoms with Crippen LogP contribution >= 0.6 is 7.55 Å². The van der Waals surface area contributed by atoms with E-state index in [-0.39, 0.29) is 30.0 Å². The quantitative estimate of drug-likeness (QED) is 0.337. The standard InChI is InChI=1S/C26H43N2O8PS/c1-19(2)14-28(38(30,31)23-12-10-20(32-3)11-13-23)15-25(34-5)24(18-37(6)7)27-26(29)36-22-9-8-21(33-4)16-35-17-22/h10-13,19,21-22,24-25H,6,8-9,14-18H2,1-5,7H3/p+1. The molecule has 1 fully saturated rings. The molecule has 0 saturated carbocycles. The van der Waals surface area contributed by atoms with E-state index in [4.69, 9.17) is 23.7 Å². The maximum absolute atomic E-state index is 13.6. The van der Waals surface area contributed by atoms with Gasteiger partial charge in [-0.3, -0.25) is 0 Å².